The quantitative estimate of drug-likeness (QED) is 0.485. The summed E-state index contributed by atoms with van der Waals surface area (Å²) in [6.07, 6.45) is 0.576. The summed E-state index contributed by atoms with van der Waals surface area (Å²) in [6, 6.07) is 0. The number of hydrogen-bond donors (Lipinski definition) is 0. The molecule has 0 aromatic carbocycles. The van der Waals surface area contributed by atoms with E-state index in [4.69, 9.17) is 18.9 Å². The first kappa shape index (κ1) is 10.9. The van der Waals surface area contributed by atoms with Crippen LogP contribution in [0.3, 0.4) is 0 Å². The molecule has 1 spiro atoms. The van der Waals surface area contributed by atoms with Gasteiger partial charge in [0.05, 0.1) is 33.5 Å². The lowest BCUT2D eigenvalue weighted by Crippen LogP contribution is -2.39. The van der Waals surface area contributed by atoms with Gasteiger partial charge in [0.15, 0.2) is 11.2 Å². The van der Waals surface area contributed by atoms with Gasteiger partial charge in [0.25, 0.3) is 0 Å². The number of ether oxygens (including phenoxy) is 4. The van der Waals surface area contributed by atoms with E-state index in [-0.39, 0.29) is 5.97 Å². The second kappa shape index (κ2) is 3.73. The Bertz CT molecular complexity index is 257. The van der Waals surface area contributed by atoms with Crippen LogP contribution in [0.25, 0.3) is 0 Å². The van der Waals surface area contributed by atoms with Gasteiger partial charge in [-0.05, 0) is 6.42 Å². The molecule has 0 aromatic rings. The third-order valence-corrected chi connectivity index (χ3v) is 3.12. The number of esters is 1. The van der Waals surface area contributed by atoms with Gasteiger partial charge in [-0.2, -0.15) is 0 Å². The highest BCUT2D eigenvalue weighted by molar-refractivity contribution is 5.85. The number of rotatable bonds is 2. The molecule has 2 aliphatic heterocycles. The smallest absolute Gasteiger partial charge is 0.341 e. The first-order chi connectivity index (χ1) is 7.21. The first-order valence-corrected chi connectivity index (χ1v) is 5.15. The lowest BCUT2D eigenvalue weighted by molar-refractivity contribution is -0.147. The third kappa shape index (κ3) is 1.46. The average molecular weight is 216 g/mol. The molecule has 2 aliphatic rings. The van der Waals surface area contributed by atoms with Gasteiger partial charge in [0.1, 0.15) is 0 Å². The molecule has 0 saturated carbocycles. The Morgan fingerprint density at radius 3 is 2.40 bits per heavy atom. The van der Waals surface area contributed by atoms with Gasteiger partial charge in [-0.1, -0.05) is 6.92 Å². The fourth-order valence-corrected chi connectivity index (χ4v) is 2.16. The molecule has 5 heteroatoms. The maximum atomic E-state index is 11.7. The van der Waals surface area contributed by atoms with E-state index in [1.807, 2.05) is 6.92 Å². The summed E-state index contributed by atoms with van der Waals surface area (Å²) < 4.78 is 21.1. The molecule has 5 nitrogen and oxygen atoms in total. The molecule has 0 amide bonds. The molecule has 0 bridgehead atoms. The van der Waals surface area contributed by atoms with Crippen molar-refractivity contribution in [3.05, 3.63) is 0 Å². The molecule has 2 fully saturated rings. The second-order valence-electron chi connectivity index (χ2n) is 3.87. The van der Waals surface area contributed by atoms with E-state index in [1.54, 1.807) is 0 Å². The predicted octanol–water partition coefficient (Wildman–Crippen LogP) is 0.124. The van der Waals surface area contributed by atoms with Crippen LogP contribution in [0, 0.1) is 0 Å². The van der Waals surface area contributed by atoms with Crippen LogP contribution in [0.4, 0.5) is 0 Å². The SMILES string of the molecule is CCC1(C(=O)OC)OC12COCCOC2. The van der Waals surface area contributed by atoms with Crippen LogP contribution in [0.15, 0.2) is 0 Å². The standard InChI is InChI=1S/C10H16O5/c1-3-10(8(11)12-2)9(15-10)6-13-4-5-14-7-9/h3-7H2,1-2H3. The van der Waals surface area contributed by atoms with Crippen LogP contribution >= 0.6 is 0 Å². The molecule has 86 valence electrons. The second-order valence-corrected chi connectivity index (χ2v) is 3.87. The Hall–Kier alpha value is -0.650. The Kier molecular flexibility index (Phi) is 2.70. The number of hydrogen-bond acceptors (Lipinski definition) is 5. The van der Waals surface area contributed by atoms with Crippen LogP contribution in [0.5, 0.6) is 0 Å². The molecule has 0 N–H and O–H groups in total. The van der Waals surface area contributed by atoms with E-state index in [2.05, 4.69) is 0 Å². The zero-order valence-corrected chi connectivity index (χ0v) is 9.08. The van der Waals surface area contributed by atoms with E-state index in [1.165, 1.54) is 7.11 Å². The summed E-state index contributed by atoms with van der Waals surface area (Å²) >= 11 is 0. The van der Waals surface area contributed by atoms with E-state index in [0.29, 0.717) is 32.8 Å². The summed E-state index contributed by atoms with van der Waals surface area (Å²) in [5.74, 6) is -0.334. The molecular formula is C10H16O5. The van der Waals surface area contributed by atoms with Crippen LogP contribution in [-0.2, 0) is 23.7 Å². The number of methoxy groups -OCH3 is 1. The van der Waals surface area contributed by atoms with Crippen molar-refractivity contribution in [3.63, 3.8) is 0 Å². The predicted molar refractivity (Wildman–Crippen MR) is 50.5 cm³/mol. The minimum absolute atomic E-state index is 0.334. The third-order valence-electron chi connectivity index (χ3n) is 3.12. The highest BCUT2D eigenvalue weighted by atomic mass is 16.7. The van der Waals surface area contributed by atoms with Crippen molar-refractivity contribution in [3.8, 4) is 0 Å². The zero-order chi connectivity index (χ0) is 10.9. The fourth-order valence-electron chi connectivity index (χ4n) is 2.16. The van der Waals surface area contributed by atoms with Gasteiger partial charge in [0.2, 0.25) is 0 Å². The van der Waals surface area contributed by atoms with E-state index in [0.717, 1.165) is 0 Å². The zero-order valence-electron chi connectivity index (χ0n) is 9.08. The molecule has 1 unspecified atom stereocenters. The first-order valence-electron chi connectivity index (χ1n) is 5.15. The van der Waals surface area contributed by atoms with Crippen LogP contribution < -0.4 is 0 Å². The molecule has 1 atom stereocenters. The molecular weight excluding hydrogens is 200 g/mol. The molecule has 0 radical (unpaired) electrons. The van der Waals surface area contributed by atoms with Gasteiger partial charge < -0.3 is 18.9 Å². The van der Waals surface area contributed by atoms with Crippen LogP contribution in [-0.4, -0.2) is 50.7 Å². The topological polar surface area (TPSA) is 57.3 Å². The summed E-state index contributed by atoms with van der Waals surface area (Å²) in [5.41, 5.74) is -1.47. The van der Waals surface area contributed by atoms with Gasteiger partial charge in [-0.15, -0.1) is 0 Å². The molecule has 2 heterocycles. The summed E-state index contributed by atoms with van der Waals surface area (Å²) in [5, 5.41) is 0. The Morgan fingerprint density at radius 2 is 1.93 bits per heavy atom. The monoisotopic (exact) mass is 216 g/mol. The van der Waals surface area contributed by atoms with E-state index < -0.39 is 11.2 Å². The minimum atomic E-state index is -0.855. The van der Waals surface area contributed by atoms with Gasteiger partial charge in [0, 0.05) is 0 Å². The average Bonchev–Trinajstić information content (AvgIpc) is 2.98. The van der Waals surface area contributed by atoms with E-state index >= 15 is 0 Å². The fraction of sp³-hybridized carbons (Fsp3) is 0.900. The van der Waals surface area contributed by atoms with Crippen LogP contribution in [0.2, 0.25) is 0 Å². The van der Waals surface area contributed by atoms with Crippen molar-refractivity contribution in [2.75, 3.05) is 33.5 Å². The largest absolute Gasteiger partial charge is 0.467 e. The maximum absolute atomic E-state index is 11.7. The molecule has 0 aromatic heterocycles. The van der Waals surface area contributed by atoms with Gasteiger partial charge in [-0.25, -0.2) is 4.79 Å². The van der Waals surface area contributed by atoms with Crippen molar-refractivity contribution in [2.45, 2.75) is 24.5 Å². The number of carbonyl (C=O) groups is 1. The van der Waals surface area contributed by atoms with Crippen molar-refractivity contribution in [1.29, 1.82) is 0 Å². The summed E-state index contributed by atoms with van der Waals surface area (Å²) in [4.78, 5) is 11.7. The Balaban J connectivity index is 2.14. The Morgan fingerprint density at radius 1 is 1.33 bits per heavy atom. The number of epoxide rings is 1. The van der Waals surface area contributed by atoms with Crippen LogP contribution in [0.1, 0.15) is 13.3 Å². The van der Waals surface area contributed by atoms with E-state index in [9.17, 15) is 4.79 Å². The lowest BCUT2D eigenvalue weighted by atomic mass is 9.91. The van der Waals surface area contributed by atoms with Crippen molar-refractivity contribution in [1.82, 2.24) is 0 Å². The molecule has 2 saturated heterocycles. The molecule has 2 rings (SSSR count). The minimum Gasteiger partial charge on any atom is -0.467 e. The molecule has 15 heavy (non-hydrogen) atoms. The highest BCUT2D eigenvalue weighted by Crippen LogP contribution is 2.52. The highest BCUT2D eigenvalue weighted by Gasteiger charge is 2.75. The van der Waals surface area contributed by atoms with Gasteiger partial charge in [-0.3, -0.25) is 0 Å². The normalized spacial score (nSPS) is 33.5. The van der Waals surface area contributed by atoms with Crippen molar-refractivity contribution < 1.29 is 23.7 Å². The van der Waals surface area contributed by atoms with Gasteiger partial charge >= 0.3 is 5.97 Å². The van der Waals surface area contributed by atoms with Crippen molar-refractivity contribution >= 4 is 5.97 Å². The number of carbonyl (C=O) groups excluding carboxylic acids is 1. The lowest BCUT2D eigenvalue weighted by Gasteiger charge is -2.14. The van der Waals surface area contributed by atoms with Crippen molar-refractivity contribution in [2.24, 2.45) is 0 Å². The summed E-state index contributed by atoms with van der Waals surface area (Å²) in [7, 11) is 1.37. The summed E-state index contributed by atoms with van der Waals surface area (Å²) in [6.45, 7) is 3.79. The Labute approximate surface area is 88.6 Å². The maximum Gasteiger partial charge on any atom is 0.341 e. The molecule has 0 aliphatic carbocycles.